The van der Waals surface area contributed by atoms with Crippen LogP contribution in [0.3, 0.4) is 0 Å². The fraction of sp³-hybridized carbons (Fsp3) is 0.176. The first-order chi connectivity index (χ1) is 9.68. The third-order valence-electron chi connectivity index (χ3n) is 3.44. The lowest BCUT2D eigenvalue weighted by Gasteiger charge is -2.11. The molecule has 100 valence electrons. The molecule has 0 N–H and O–H groups in total. The first kappa shape index (κ1) is 12.6. The van der Waals surface area contributed by atoms with E-state index in [1.54, 1.807) is 0 Å². The highest BCUT2D eigenvalue weighted by molar-refractivity contribution is 5.94. The van der Waals surface area contributed by atoms with Crippen molar-refractivity contribution in [3.05, 3.63) is 65.5 Å². The van der Waals surface area contributed by atoms with E-state index in [1.807, 2.05) is 54.6 Å². The van der Waals surface area contributed by atoms with Gasteiger partial charge in [-0.3, -0.25) is 0 Å². The van der Waals surface area contributed by atoms with E-state index < -0.39 is 0 Å². The highest BCUT2D eigenvalue weighted by Gasteiger charge is 2.20. The van der Waals surface area contributed by atoms with E-state index in [2.05, 4.69) is 18.9 Å². The normalized spacial score (nSPS) is 11.2. The Hall–Kier alpha value is -2.42. The second-order valence-corrected chi connectivity index (χ2v) is 5.17. The van der Waals surface area contributed by atoms with Crippen molar-refractivity contribution in [1.82, 2.24) is 5.10 Å². The molecule has 3 heteroatoms. The zero-order chi connectivity index (χ0) is 14.1. The minimum atomic E-state index is 0.213. The van der Waals surface area contributed by atoms with Gasteiger partial charge in [0, 0.05) is 16.4 Å². The Kier molecular flexibility index (Phi) is 3.11. The third-order valence-corrected chi connectivity index (χ3v) is 3.44. The van der Waals surface area contributed by atoms with Crippen LogP contribution in [0, 0.1) is 5.21 Å². The van der Waals surface area contributed by atoms with Gasteiger partial charge >= 0.3 is 0 Å². The molecule has 2 aromatic carbocycles. The van der Waals surface area contributed by atoms with E-state index >= 15 is 0 Å². The van der Waals surface area contributed by atoms with Crippen LogP contribution in [0.2, 0.25) is 0 Å². The number of nitrogens with zero attached hydrogens (tertiary/aromatic N) is 2. The molecule has 0 bridgehead atoms. The second kappa shape index (κ2) is 4.93. The van der Waals surface area contributed by atoms with E-state index in [9.17, 15) is 5.21 Å². The minimum absolute atomic E-state index is 0.213. The molecule has 3 rings (SSSR count). The SMILES string of the molecule is CC(C)c1n[n+]([O-])c(-c2ccccc2)c2ccccc12. The predicted octanol–water partition coefficient (Wildman–Crippen LogP) is 3.66. The third kappa shape index (κ3) is 2.01. The van der Waals surface area contributed by atoms with Gasteiger partial charge in [-0.1, -0.05) is 50.2 Å². The molecule has 0 atom stereocenters. The summed E-state index contributed by atoms with van der Waals surface area (Å²) < 4.78 is 0. The largest absolute Gasteiger partial charge is 0.594 e. The Bertz CT molecular complexity index is 752. The van der Waals surface area contributed by atoms with Crippen LogP contribution < -0.4 is 4.85 Å². The standard InChI is InChI=1S/C17H16N2O/c1-12(2)16-14-10-6-7-11-15(14)17(19(20)18-16)13-8-4-3-5-9-13/h3-12H,1-2H3. The van der Waals surface area contributed by atoms with Crippen molar-refractivity contribution in [1.29, 1.82) is 0 Å². The van der Waals surface area contributed by atoms with Gasteiger partial charge in [0.05, 0.1) is 10.9 Å². The maximum atomic E-state index is 12.4. The van der Waals surface area contributed by atoms with Gasteiger partial charge in [-0.25, -0.2) is 0 Å². The van der Waals surface area contributed by atoms with E-state index in [-0.39, 0.29) is 5.92 Å². The average Bonchev–Trinajstić information content (AvgIpc) is 2.47. The Labute approximate surface area is 118 Å². The molecule has 0 spiro atoms. The molecule has 3 aromatic rings. The molecule has 1 aromatic heterocycles. The number of hydrogen-bond donors (Lipinski definition) is 0. The van der Waals surface area contributed by atoms with Crippen molar-refractivity contribution >= 4 is 10.8 Å². The predicted molar refractivity (Wildman–Crippen MR) is 80.2 cm³/mol. The Morgan fingerprint density at radius 3 is 2.15 bits per heavy atom. The smallest absolute Gasteiger partial charge is 0.259 e. The van der Waals surface area contributed by atoms with Crippen LogP contribution in [0.15, 0.2) is 54.6 Å². The van der Waals surface area contributed by atoms with Crippen LogP contribution in [-0.2, 0) is 0 Å². The van der Waals surface area contributed by atoms with Crippen LogP contribution in [-0.4, -0.2) is 5.10 Å². The minimum Gasteiger partial charge on any atom is -0.594 e. The summed E-state index contributed by atoms with van der Waals surface area (Å²) in [6.07, 6.45) is 0. The summed E-state index contributed by atoms with van der Waals surface area (Å²) in [4.78, 5) is 0.757. The topological polar surface area (TPSA) is 39.8 Å². The maximum Gasteiger partial charge on any atom is 0.259 e. The molecule has 0 fully saturated rings. The lowest BCUT2D eigenvalue weighted by Crippen LogP contribution is -2.35. The van der Waals surface area contributed by atoms with E-state index in [4.69, 9.17) is 0 Å². The van der Waals surface area contributed by atoms with Gasteiger partial charge in [0.1, 0.15) is 5.69 Å². The molecule has 0 radical (unpaired) electrons. The number of rotatable bonds is 2. The lowest BCUT2D eigenvalue weighted by molar-refractivity contribution is -0.657. The number of aromatic nitrogens is 2. The number of benzene rings is 2. The lowest BCUT2D eigenvalue weighted by atomic mass is 9.99. The molecular weight excluding hydrogens is 248 g/mol. The molecule has 20 heavy (non-hydrogen) atoms. The quantitative estimate of drug-likeness (QED) is 0.523. The molecule has 0 aliphatic rings. The first-order valence-corrected chi connectivity index (χ1v) is 6.76. The number of fused-ring (bicyclic) bond motifs is 1. The summed E-state index contributed by atoms with van der Waals surface area (Å²) in [7, 11) is 0. The molecule has 1 heterocycles. The zero-order valence-corrected chi connectivity index (χ0v) is 11.6. The van der Waals surface area contributed by atoms with E-state index in [0.29, 0.717) is 5.69 Å². The second-order valence-electron chi connectivity index (χ2n) is 5.17. The van der Waals surface area contributed by atoms with Gasteiger partial charge in [-0.2, -0.15) is 0 Å². The molecule has 0 aliphatic carbocycles. The molecule has 0 unspecified atom stereocenters. The van der Waals surface area contributed by atoms with Crippen molar-refractivity contribution in [2.45, 2.75) is 19.8 Å². The van der Waals surface area contributed by atoms with Crippen LogP contribution in [0.5, 0.6) is 0 Å². The van der Waals surface area contributed by atoms with Crippen LogP contribution in [0.4, 0.5) is 0 Å². The first-order valence-electron chi connectivity index (χ1n) is 6.76. The molecule has 0 aliphatic heterocycles. The van der Waals surface area contributed by atoms with E-state index in [1.165, 1.54) is 0 Å². The number of hydrogen-bond acceptors (Lipinski definition) is 2. The van der Waals surface area contributed by atoms with Crippen molar-refractivity contribution in [2.75, 3.05) is 0 Å². The summed E-state index contributed by atoms with van der Waals surface area (Å²) >= 11 is 0. The van der Waals surface area contributed by atoms with Gasteiger partial charge in [-0.05, 0) is 23.0 Å². The van der Waals surface area contributed by atoms with Crippen molar-refractivity contribution in [2.24, 2.45) is 0 Å². The van der Waals surface area contributed by atoms with Crippen LogP contribution in [0.1, 0.15) is 25.5 Å². The van der Waals surface area contributed by atoms with Crippen LogP contribution >= 0.6 is 0 Å². The molecule has 3 nitrogen and oxygen atoms in total. The average molecular weight is 264 g/mol. The molecule has 0 amide bonds. The fourth-order valence-electron chi connectivity index (χ4n) is 2.51. The summed E-state index contributed by atoms with van der Waals surface area (Å²) in [5.41, 5.74) is 2.35. The fourth-order valence-corrected chi connectivity index (χ4v) is 2.51. The van der Waals surface area contributed by atoms with Gasteiger partial charge in [0.25, 0.3) is 5.69 Å². The summed E-state index contributed by atoms with van der Waals surface area (Å²) in [6, 6.07) is 17.6. The highest BCUT2D eigenvalue weighted by atomic mass is 16.5. The van der Waals surface area contributed by atoms with Crippen molar-refractivity contribution < 1.29 is 4.85 Å². The van der Waals surface area contributed by atoms with Gasteiger partial charge < -0.3 is 5.21 Å². The maximum absolute atomic E-state index is 12.4. The molecular formula is C17H16N2O. The Balaban J connectivity index is 2.40. The highest BCUT2D eigenvalue weighted by Crippen LogP contribution is 2.29. The van der Waals surface area contributed by atoms with Crippen LogP contribution in [0.25, 0.3) is 22.0 Å². The zero-order valence-electron chi connectivity index (χ0n) is 11.6. The van der Waals surface area contributed by atoms with Crippen molar-refractivity contribution in [3.8, 4) is 11.3 Å². The Morgan fingerprint density at radius 1 is 0.900 bits per heavy atom. The van der Waals surface area contributed by atoms with Gasteiger partial charge in [-0.15, -0.1) is 0 Å². The monoisotopic (exact) mass is 264 g/mol. The van der Waals surface area contributed by atoms with Gasteiger partial charge in [0.2, 0.25) is 0 Å². The van der Waals surface area contributed by atoms with Gasteiger partial charge in [0.15, 0.2) is 0 Å². The molecule has 0 saturated carbocycles. The summed E-state index contributed by atoms with van der Waals surface area (Å²) in [5.74, 6) is 0.213. The van der Waals surface area contributed by atoms with E-state index in [0.717, 1.165) is 26.9 Å². The Morgan fingerprint density at radius 2 is 1.50 bits per heavy atom. The summed E-state index contributed by atoms with van der Waals surface area (Å²) in [5, 5.41) is 18.6. The summed E-state index contributed by atoms with van der Waals surface area (Å²) in [6.45, 7) is 4.11. The molecule has 0 saturated heterocycles. The van der Waals surface area contributed by atoms with Crippen molar-refractivity contribution in [3.63, 3.8) is 0 Å².